The summed E-state index contributed by atoms with van der Waals surface area (Å²) in [5, 5.41) is 35.9. The Morgan fingerprint density at radius 2 is 1.15 bits per heavy atom. The summed E-state index contributed by atoms with van der Waals surface area (Å²) in [5.41, 5.74) is 7.86. The van der Waals surface area contributed by atoms with Crippen molar-refractivity contribution >= 4 is 22.0 Å². The Morgan fingerprint density at radius 3 is 1.71 bits per heavy atom. The van der Waals surface area contributed by atoms with E-state index in [0.717, 1.165) is 96.3 Å². The maximum Gasteiger partial charge on any atom is 0.306 e. The van der Waals surface area contributed by atoms with Crippen molar-refractivity contribution < 1.29 is 42.6 Å². The molecule has 11 nitrogen and oxygen atoms in total. The van der Waals surface area contributed by atoms with Gasteiger partial charge in [-0.2, -0.15) is 8.42 Å². The van der Waals surface area contributed by atoms with Crippen LogP contribution in [0.4, 0.5) is 0 Å². The first-order valence-corrected chi connectivity index (χ1v) is 28.8. The molecular formula is C54H92N2O9S. The van der Waals surface area contributed by atoms with Gasteiger partial charge in [-0.3, -0.25) is 14.1 Å². The number of ether oxygens (including phenoxy) is 1. The highest BCUT2D eigenvalue weighted by Gasteiger charge is 2.65. The monoisotopic (exact) mass is 945 g/mol. The number of amides is 1. The van der Waals surface area contributed by atoms with E-state index >= 15 is 0 Å². The molecule has 1 amide bonds. The zero-order valence-electron chi connectivity index (χ0n) is 42.0. The first-order valence-electron chi connectivity index (χ1n) is 27.2. The van der Waals surface area contributed by atoms with E-state index in [2.05, 4.69) is 46.9 Å². The lowest BCUT2D eigenvalue weighted by atomic mass is 9.41. The maximum atomic E-state index is 13.7. The van der Waals surface area contributed by atoms with Gasteiger partial charge in [-0.15, -0.1) is 0 Å². The molecule has 0 heterocycles. The van der Waals surface area contributed by atoms with Gasteiger partial charge < -0.3 is 31.1 Å². The van der Waals surface area contributed by atoms with Crippen LogP contribution in [0.25, 0.3) is 0 Å². The molecule has 0 spiro atoms. The van der Waals surface area contributed by atoms with Gasteiger partial charge in [-0.05, 0) is 228 Å². The zero-order chi connectivity index (χ0) is 47.7. The molecule has 0 aromatic heterocycles. The standard InChI is InChI=1S/C54H92N2O9S/c1-31(8-14-47(60)56-24-25-66(62,63)64)39-10-12-41-49-34(26-35-28-37(57)16-20-51(35,4)43(49)18-22-53(39,41)6)27-45(55)33(3)65-48(61)15-9-32(2)40-11-13-42-50-44(19-23-54(40,42)7)52(5)21-17-38(58)29-36(52)30-46(50)59/h31-46,49-50,57-59H,8-30,55H2,1-7H3,(H,56,60)(H,62,63,64)/t31-,32-,33?,34-,35?,36?,37-,38-,39-,40-,41?,42?,43+,44+,45?,46+,49+,50-,51+,52+,53-,54-/m1/s1. The molecule has 8 rings (SSSR count). The Balaban J connectivity index is 0.874. The minimum Gasteiger partial charge on any atom is -0.461 e. The molecule has 8 aliphatic carbocycles. The highest BCUT2D eigenvalue weighted by atomic mass is 32.2. The fraction of sp³-hybridized carbons (Fsp3) is 0.963. The number of nitrogens with one attached hydrogen (secondary N) is 1. The topological polar surface area (TPSA) is 196 Å². The molecule has 0 radical (unpaired) electrons. The molecule has 7 N–H and O–H groups in total. The van der Waals surface area contributed by atoms with Crippen LogP contribution in [0.15, 0.2) is 0 Å². The number of carbonyl (C=O) groups is 2. The summed E-state index contributed by atoms with van der Waals surface area (Å²) < 4.78 is 37.6. The molecule has 0 aliphatic heterocycles. The lowest BCUT2D eigenvalue weighted by Gasteiger charge is -2.63. The SMILES string of the molecule is CC(OC(=O)CC[C@@H](C)[C@H]1CCC2[C@H]3[C@@H](O)CC4C[C@H](O)CC[C@]4(C)[C@H]3CC[C@@]21C)C(N)C[C@H]1CC2C[C@H](O)CC[C@]2(C)[C@H]2CC[C@@]3(C)C(CC[C@@H]3[C@H](C)CCC(=O)NCCS(=O)(=O)O)[C@H]12. The Morgan fingerprint density at radius 1 is 0.667 bits per heavy atom. The van der Waals surface area contributed by atoms with Crippen molar-refractivity contribution in [2.45, 2.75) is 214 Å². The second kappa shape index (κ2) is 19.4. The van der Waals surface area contributed by atoms with Gasteiger partial charge in [-0.1, -0.05) is 41.5 Å². The fourth-order valence-corrected chi connectivity index (χ4v) is 19.6. The maximum absolute atomic E-state index is 13.7. The highest BCUT2D eigenvalue weighted by molar-refractivity contribution is 7.85. The number of nitrogens with two attached hydrogens (primary N) is 1. The van der Waals surface area contributed by atoms with E-state index in [9.17, 15) is 33.3 Å². The number of fused-ring (bicyclic) bond motifs is 10. The van der Waals surface area contributed by atoms with Gasteiger partial charge in [0.15, 0.2) is 0 Å². The van der Waals surface area contributed by atoms with Gasteiger partial charge in [-0.25, -0.2) is 0 Å². The van der Waals surface area contributed by atoms with Crippen LogP contribution in [0.1, 0.15) is 183 Å². The summed E-state index contributed by atoms with van der Waals surface area (Å²) >= 11 is 0. The molecule has 8 fully saturated rings. The number of esters is 1. The van der Waals surface area contributed by atoms with E-state index in [0.29, 0.717) is 89.8 Å². The van der Waals surface area contributed by atoms with E-state index < -0.39 is 22.0 Å². The van der Waals surface area contributed by atoms with Crippen LogP contribution in [0.3, 0.4) is 0 Å². The van der Waals surface area contributed by atoms with Crippen molar-refractivity contribution in [3.05, 3.63) is 0 Å². The van der Waals surface area contributed by atoms with Crippen LogP contribution < -0.4 is 11.1 Å². The molecule has 6 unspecified atom stereocenters. The van der Waals surface area contributed by atoms with E-state index in [1.807, 2.05) is 6.92 Å². The first-order chi connectivity index (χ1) is 31.0. The Bertz CT molecular complexity index is 1850. The summed E-state index contributed by atoms with van der Waals surface area (Å²) in [6, 6.07) is -0.279. The van der Waals surface area contributed by atoms with E-state index in [4.69, 9.17) is 15.0 Å². The molecule has 8 aliphatic rings. The Hall–Kier alpha value is -1.31. The van der Waals surface area contributed by atoms with Gasteiger partial charge in [0.05, 0.1) is 24.1 Å². The van der Waals surface area contributed by atoms with E-state index in [1.165, 1.54) is 25.7 Å². The molecule has 66 heavy (non-hydrogen) atoms. The number of aliphatic hydroxyl groups is 3. The molecule has 378 valence electrons. The number of hydrogen-bond acceptors (Lipinski definition) is 9. The molecular weight excluding hydrogens is 853 g/mol. The van der Waals surface area contributed by atoms with Crippen molar-refractivity contribution in [1.82, 2.24) is 5.32 Å². The van der Waals surface area contributed by atoms with Crippen LogP contribution in [-0.2, 0) is 24.4 Å². The van der Waals surface area contributed by atoms with Crippen LogP contribution >= 0.6 is 0 Å². The third-order valence-corrected chi connectivity index (χ3v) is 23.5. The minimum atomic E-state index is -4.12. The summed E-state index contributed by atoms with van der Waals surface area (Å²) in [5.74, 6) is 5.17. The molecule has 22 atom stereocenters. The van der Waals surface area contributed by atoms with Crippen molar-refractivity contribution in [3.8, 4) is 0 Å². The second-order valence-electron chi connectivity index (χ2n) is 25.9. The summed E-state index contributed by atoms with van der Waals surface area (Å²) in [7, 11) is -4.12. The van der Waals surface area contributed by atoms with Gasteiger partial charge in [0.25, 0.3) is 10.1 Å². The normalized spacial score (nSPS) is 47.1. The lowest BCUT2D eigenvalue weighted by molar-refractivity contribution is -0.174. The Kier molecular flexibility index (Phi) is 15.0. The van der Waals surface area contributed by atoms with E-state index in [1.54, 1.807) is 0 Å². The quantitative estimate of drug-likeness (QED) is 0.0683. The van der Waals surface area contributed by atoms with Gasteiger partial charge >= 0.3 is 5.97 Å². The Labute approximate surface area is 398 Å². The van der Waals surface area contributed by atoms with Gasteiger partial charge in [0, 0.05) is 25.4 Å². The van der Waals surface area contributed by atoms with Gasteiger partial charge in [0.2, 0.25) is 5.91 Å². The zero-order valence-corrected chi connectivity index (χ0v) is 42.8. The summed E-state index contributed by atoms with van der Waals surface area (Å²) in [4.78, 5) is 26.4. The third-order valence-electron chi connectivity index (χ3n) is 22.8. The van der Waals surface area contributed by atoms with Crippen LogP contribution in [-0.4, -0.2) is 82.9 Å². The third kappa shape index (κ3) is 9.59. The van der Waals surface area contributed by atoms with Crippen LogP contribution in [0.5, 0.6) is 0 Å². The lowest BCUT2D eigenvalue weighted by Crippen LogP contribution is -2.58. The molecule has 12 heteroatoms. The van der Waals surface area contributed by atoms with Crippen molar-refractivity contribution in [3.63, 3.8) is 0 Å². The number of rotatable bonds is 15. The first kappa shape index (κ1) is 51.1. The number of carbonyl (C=O) groups excluding carboxylic acids is 2. The second-order valence-corrected chi connectivity index (χ2v) is 27.4. The van der Waals surface area contributed by atoms with Crippen molar-refractivity contribution in [1.29, 1.82) is 0 Å². The fourth-order valence-electron chi connectivity index (χ4n) is 19.2. The summed E-state index contributed by atoms with van der Waals surface area (Å²) in [6.45, 7) is 16.6. The van der Waals surface area contributed by atoms with Crippen molar-refractivity contribution in [2.75, 3.05) is 12.3 Å². The average molecular weight is 945 g/mol. The molecule has 0 bridgehead atoms. The predicted molar refractivity (Wildman–Crippen MR) is 257 cm³/mol. The summed E-state index contributed by atoms with van der Waals surface area (Å²) in [6.07, 6.45) is 18.7. The van der Waals surface area contributed by atoms with Gasteiger partial charge in [0.1, 0.15) is 6.10 Å². The average Bonchev–Trinajstić information content (AvgIpc) is 3.79. The molecule has 0 aromatic carbocycles. The predicted octanol–water partition coefficient (Wildman–Crippen LogP) is 8.71. The van der Waals surface area contributed by atoms with E-state index in [-0.39, 0.29) is 64.4 Å². The largest absolute Gasteiger partial charge is 0.461 e. The highest BCUT2D eigenvalue weighted by Crippen LogP contribution is 2.71. The van der Waals surface area contributed by atoms with Crippen molar-refractivity contribution in [2.24, 2.45) is 104 Å². The molecule has 8 saturated carbocycles. The van der Waals surface area contributed by atoms with Crippen LogP contribution in [0, 0.1) is 98.6 Å². The smallest absolute Gasteiger partial charge is 0.306 e. The number of hydrogen-bond donors (Lipinski definition) is 6. The molecule has 0 saturated heterocycles. The van der Waals surface area contributed by atoms with Crippen LogP contribution in [0.2, 0.25) is 0 Å². The minimum absolute atomic E-state index is 0.0850. The number of aliphatic hydroxyl groups excluding tert-OH is 3. The molecule has 0 aromatic rings.